The van der Waals surface area contributed by atoms with Crippen molar-refractivity contribution in [3.05, 3.63) is 34.4 Å². The highest BCUT2D eigenvalue weighted by atomic mass is 16.6. The molecule has 1 rings (SSSR count). The first-order valence-corrected chi connectivity index (χ1v) is 7.67. The van der Waals surface area contributed by atoms with E-state index in [9.17, 15) is 24.8 Å². The number of nitrogens with zero attached hydrogens (tertiary/aromatic N) is 1. The van der Waals surface area contributed by atoms with Crippen LogP contribution in [0.4, 0.5) is 11.4 Å². The van der Waals surface area contributed by atoms with Gasteiger partial charge in [0, 0.05) is 24.2 Å². The van der Waals surface area contributed by atoms with Crippen LogP contribution in [0.3, 0.4) is 0 Å². The lowest BCUT2D eigenvalue weighted by molar-refractivity contribution is -0.860. The smallest absolute Gasteiger partial charge is 0.271 e. The molecule has 0 radical (unpaired) electrons. The van der Waals surface area contributed by atoms with Gasteiger partial charge in [-0.15, -0.1) is 0 Å². The van der Waals surface area contributed by atoms with Crippen molar-refractivity contribution in [3.63, 3.8) is 0 Å². The molecule has 4 N–H and O–H groups in total. The number of benzene rings is 1. The summed E-state index contributed by atoms with van der Waals surface area (Å²) >= 11 is 0. The number of non-ortho nitro benzene ring substituents is 1. The van der Waals surface area contributed by atoms with Crippen molar-refractivity contribution in [2.75, 3.05) is 32.5 Å². The van der Waals surface area contributed by atoms with Crippen molar-refractivity contribution in [1.29, 1.82) is 0 Å². The molecule has 0 unspecified atom stereocenters. The minimum Gasteiger partial charge on any atom is -0.544 e. The molecule has 0 saturated carbocycles. The minimum absolute atomic E-state index is 0.151. The molecule has 0 aliphatic carbocycles. The second-order valence-electron chi connectivity index (χ2n) is 5.82. The molecule has 132 valence electrons. The summed E-state index contributed by atoms with van der Waals surface area (Å²) in [5, 5.41) is 25.9. The monoisotopic (exact) mass is 339 g/mol. The largest absolute Gasteiger partial charge is 0.544 e. The average molecular weight is 339 g/mol. The highest BCUT2D eigenvalue weighted by Crippen LogP contribution is 2.17. The number of nitrogens with one attached hydrogen (secondary N) is 2. The Bertz CT molecular complexity index is 591. The van der Waals surface area contributed by atoms with Gasteiger partial charge in [0.1, 0.15) is 6.04 Å². The van der Waals surface area contributed by atoms with E-state index in [0.29, 0.717) is 6.54 Å². The number of carbonyl (C=O) groups is 2. The number of anilines is 1. The van der Waals surface area contributed by atoms with Crippen LogP contribution < -0.4 is 20.6 Å². The first kappa shape index (κ1) is 19.5. The number of hydrogen-bond acceptors (Lipinski definition) is 5. The van der Waals surface area contributed by atoms with Gasteiger partial charge in [0.25, 0.3) is 5.69 Å². The fourth-order valence-electron chi connectivity index (χ4n) is 2.15. The van der Waals surface area contributed by atoms with Crippen LogP contribution in [-0.2, 0) is 9.59 Å². The van der Waals surface area contributed by atoms with E-state index in [1.807, 2.05) is 14.1 Å². The van der Waals surface area contributed by atoms with Crippen molar-refractivity contribution in [3.8, 4) is 0 Å². The Hall–Kier alpha value is -2.52. The number of aliphatic carboxylic acids is 1. The highest BCUT2D eigenvalue weighted by Gasteiger charge is 2.18. The summed E-state index contributed by atoms with van der Waals surface area (Å²) in [6.07, 6.45) is 0.554. The van der Waals surface area contributed by atoms with Crippen molar-refractivity contribution < 1.29 is 29.8 Å². The van der Waals surface area contributed by atoms with Crippen LogP contribution in [0.2, 0.25) is 0 Å². The molecule has 0 aliphatic heterocycles. The van der Waals surface area contributed by atoms with E-state index in [1.165, 1.54) is 29.2 Å². The third kappa shape index (κ3) is 7.16. The molecule has 0 fully saturated rings. The topological polar surface area (TPSA) is 133 Å². The number of nitro benzene ring substituents is 1. The Morgan fingerprint density at radius 3 is 2.67 bits per heavy atom. The fourth-order valence-corrected chi connectivity index (χ4v) is 2.15. The Morgan fingerprint density at radius 2 is 2.08 bits per heavy atom. The number of carboxylic acid groups (broad SMARTS) is 1. The van der Waals surface area contributed by atoms with Gasteiger partial charge in [0.2, 0.25) is 5.91 Å². The van der Waals surface area contributed by atoms with Gasteiger partial charge in [-0.2, -0.15) is 0 Å². The molecule has 1 atom stereocenters. The van der Waals surface area contributed by atoms with Crippen molar-refractivity contribution >= 4 is 23.3 Å². The maximum Gasteiger partial charge on any atom is 0.271 e. The summed E-state index contributed by atoms with van der Waals surface area (Å²) in [5.74, 6) is -1.83. The molecule has 0 heterocycles. The standard InChI is InChI=1S/C15H22N4O5/c1-18(2)8-4-7-16-13(15(21)22)10-14(20)17-11-5-3-6-12(9-11)19(23)24/h3,5-6,9,13,16H,4,7-8,10H2,1-2H3,(H,17,20)(H,21,22)/p+1/t13-/m1/s1. The number of carbonyl (C=O) groups excluding carboxylic acids is 2. The summed E-state index contributed by atoms with van der Waals surface area (Å²) in [6.45, 7) is 1.48. The van der Waals surface area contributed by atoms with Crippen LogP contribution in [0.5, 0.6) is 0 Å². The van der Waals surface area contributed by atoms with Crippen LogP contribution in [0, 0.1) is 10.1 Å². The maximum atomic E-state index is 12.0. The van der Waals surface area contributed by atoms with Gasteiger partial charge in [-0.3, -0.25) is 14.9 Å². The highest BCUT2D eigenvalue weighted by molar-refractivity contribution is 5.93. The zero-order valence-electron chi connectivity index (χ0n) is 13.8. The van der Waals surface area contributed by atoms with Crippen molar-refractivity contribution in [2.45, 2.75) is 18.9 Å². The molecule has 9 heteroatoms. The Kier molecular flexibility index (Phi) is 7.80. The van der Waals surface area contributed by atoms with Gasteiger partial charge in [0.15, 0.2) is 0 Å². The fraction of sp³-hybridized carbons (Fsp3) is 0.467. The second-order valence-corrected chi connectivity index (χ2v) is 5.82. The number of nitrogens with two attached hydrogens (primary N) is 1. The number of carboxylic acids is 1. The molecule has 0 bridgehead atoms. The molecule has 1 aromatic rings. The van der Waals surface area contributed by atoms with Crippen LogP contribution in [0.15, 0.2) is 24.3 Å². The Balaban J connectivity index is 2.54. The molecule has 0 aliphatic rings. The van der Waals surface area contributed by atoms with Crippen molar-refractivity contribution in [1.82, 2.24) is 0 Å². The quantitative estimate of drug-likeness (QED) is 0.239. The summed E-state index contributed by atoms with van der Waals surface area (Å²) in [4.78, 5) is 34.5. The van der Waals surface area contributed by atoms with Gasteiger partial charge in [-0.05, 0) is 6.07 Å². The lowest BCUT2D eigenvalue weighted by Crippen LogP contribution is -3.06. The van der Waals surface area contributed by atoms with E-state index < -0.39 is 22.8 Å². The predicted molar refractivity (Wildman–Crippen MR) is 84.2 cm³/mol. The van der Waals surface area contributed by atoms with Gasteiger partial charge >= 0.3 is 0 Å². The third-order valence-corrected chi connectivity index (χ3v) is 3.38. The molecule has 0 spiro atoms. The number of amides is 1. The molecule has 0 saturated heterocycles. The van der Waals surface area contributed by atoms with E-state index in [-0.39, 0.29) is 17.8 Å². The second kappa shape index (κ2) is 9.58. The molecule has 24 heavy (non-hydrogen) atoms. The predicted octanol–water partition coefficient (Wildman–Crippen LogP) is -2.86. The molecular weight excluding hydrogens is 316 g/mol. The zero-order valence-corrected chi connectivity index (χ0v) is 13.8. The molecular formula is C15H23N4O5+. The van der Waals surface area contributed by atoms with Gasteiger partial charge in [0.05, 0.1) is 44.5 Å². The Morgan fingerprint density at radius 1 is 1.38 bits per heavy atom. The first-order chi connectivity index (χ1) is 11.3. The van der Waals surface area contributed by atoms with Gasteiger partial charge < -0.3 is 25.4 Å². The summed E-state index contributed by atoms with van der Waals surface area (Å²) < 4.78 is 0. The lowest BCUT2D eigenvalue weighted by atomic mass is 10.2. The summed E-state index contributed by atoms with van der Waals surface area (Å²) in [5.41, 5.74) is 0.101. The zero-order chi connectivity index (χ0) is 18.1. The molecule has 1 amide bonds. The van der Waals surface area contributed by atoms with Crippen LogP contribution in [0.1, 0.15) is 12.8 Å². The molecule has 1 aromatic carbocycles. The van der Waals surface area contributed by atoms with Crippen molar-refractivity contribution in [2.24, 2.45) is 0 Å². The van der Waals surface area contributed by atoms with Crippen LogP contribution in [0.25, 0.3) is 0 Å². The number of quaternary nitrogens is 2. The van der Waals surface area contributed by atoms with Gasteiger partial charge in [-0.1, -0.05) is 6.07 Å². The molecule has 0 aromatic heterocycles. The maximum absolute atomic E-state index is 12.0. The summed E-state index contributed by atoms with van der Waals surface area (Å²) in [6, 6.07) is 4.48. The SMILES string of the molecule is C[NH+](C)CCC[NH2+][C@H](CC(=O)Nc1cccc([N+](=O)[O-])c1)C(=O)[O-]. The molecule has 9 nitrogen and oxygen atoms in total. The van der Waals surface area contributed by atoms with E-state index >= 15 is 0 Å². The third-order valence-electron chi connectivity index (χ3n) is 3.38. The Labute approximate surface area is 139 Å². The lowest BCUT2D eigenvalue weighted by Gasteiger charge is -2.16. The first-order valence-electron chi connectivity index (χ1n) is 7.67. The summed E-state index contributed by atoms with van der Waals surface area (Å²) in [7, 11) is 4.01. The number of nitro groups is 1. The van der Waals surface area contributed by atoms with E-state index in [0.717, 1.165) is 13.0 Å². The minimum atomic E-state index is -1.30. The number of rotatable bonds is 10. The normalized spacial score (nSPS) is 12.0. The van der Waals surface area contributed by atoms with E-state index in [1.54, 1.807) is 5.32 Å². The average Bonchev–Trinajstić information content (AvgIpc) is 2.50. The van der Waals surface area contributed by atoms with Crippen LogP contribution in [-0.4, -0.2) is 50.0 Å². The van der Waals surface area contributed by atoms with Gasteiger partial charge in [-0.25, -0.2) is 0 Å². The van der Waals surface area contributed by atoms with Crippen LogP contribution >= 0.6 is 0 Å². The van der Waals surface area contributed by atoms with E-state index in [2.05, 4.69) is 5.32 Å². The van der Waals surface area contributed by atoms with E-state index in [4.69, 9.17) is 0 Å². The number of hydrogen-bond donors (Lipinski definition) is 3.